The first-order valence-electron chi connectivity index (χ1n) is 11.8. The van der Waals surface area contributed by atoms with Crippen LogP contribution in [-0.2, 0) is 21.4 Å². The number of nitrogens with one attached hydrogen (secondary N) is 2. The van der Waals surface area contributed by atoms with Crippen LogP contribution in [0.25, 0.3) is 0 Å². The molecule has 33 heavy (non-hydrogen) atoms. The van der Waals surface area contributed by atoms with E-state index in [1.54, 1.807) is 6.07 Å². The van der Waals surface area contributed by atoms with Gasteiger partial charge >= 0.3 is 0 Å². The number of phenolic OH excluding ortho intramolecular Hbond substituents is 1. The maximum Gasteiger partial charge on any atom is 0.239 e. The lowest BCUT2D eigenvalue weighted by Gasteiger charge is -2.47. The molecule has 1 heterocycles. The zero-order valence-electron chi connectivity index (χ0n) is 20.2. The van der Waals surface area contributed by atoms with Gasteiger partial charge in [0.2, 0.25) is 11.8 Å². The number of benzene rings is 2. The first-order chi connectivity index (χ1) is 15.7. The van der Waals surface area contributed by atoms with Gasteiger partial charge in [0.05, 0.1) is 12.6 Å². The van der Waals surface area contributed by atoms with E-state index >= 15 is 0 Å². The van der Waals surface area contributed by atoms with Gasteiger partial charge in [0, 0.05) is 12.6 Å². The quantitative estimate of drug-likeness (QED) is 0.576. The highest BCUT2D eigenvalue weighted by atomic mass is 16.3. The molecule has 6 heteroatoms. The zero-order chi connectivity index (χ0) is 24.0. The molecule has 6 nitrogen and oxygen atoms in total. The van der Waals surface area contributed by atoms with E-state index in [-0.39, 0.29) is 47.5 Å². The number of hydrogen-bond donors (Lipinski definition) is 3. The van der Waals surface area contributed by atoms with Crippen molar-refractivity contribution in [2.75, 3.05) is 19.6 Å². The molecule has 2 aromatic rings. The summed E-state index contributed by atoms with van der Waals surface area (Å²) >= 11 is 0. The van der Waals surface area contributed by atoms with Crippen molar-refractivity contribution in [3.05, 3.63) is 65.7 Å². The Morgan fingerprint density at radius 1 is 1.15 bits per heavy atom. The number of aromatic hydroxyl groups is 1. The molecule has 3 unspecified atom stereocenters. The van der Waals surface area contributed by atoms with Crippen LogP contribution in [0.1, 0.15) is 45.2 Å². The number of carbonyl (C=O) groups is 2. The van der Waals surface area contributed by atoms with Gasteiger partial charge in [-0.2, -0.15) is 0 Å². The summed E-state index contributed by atoms with van der Waals surface area (Å²) in [7, 11) is 0. The summed E-state index contributed by atoms with van der Waals surface area (Å²) in [6, 6.07) is 17.2. The average Bonchev–Trinajstić information content (AvgIpc) is 2.78. The van der Waals surface area contributed by atoms with Crippen molar-refractivity contribution in [3.8, 4) is 5.75 Å². The van der Waals surface area contributed by atoms with Gasteiger partial charge in [0.1, 0.15) is 5.75 Å². The first-order valence-corrected chi connectivity index (χ1v) is 11.8. The maximum absolute atomic E-state index is 13.3. The summed E-state index contributed by atoms with van der Waals surface area (Å²) in [6.45, 7) is 9.75. The Bertz CT molecular complexity index is 947. The zero-order valence-corrected chi connectivity index (χ0v) is 20.2. The Hall–Kier alpha value is -2.86. The number of amides is 2. The van der Waals surface area contributed by atoms with E-state index in [1.807, 2.05) is 56.3 Å². The second-order valence-corrected chi connectivity index (χ2v) is 9.76. The van der Waals surface area contributed by atoms with E-state index in [1.165, 1.54) is 0 Å². The largest absolute Gasteiger partial charge is 0.508 e. The van der Waals surface area contributed by atoms with Crippen LogP contribution in [0, 0.1) is 5.92 Å². The van der Waals surface area contributed by atoms with Gasteiger partial charge in [0.25, 0.3) is 0 Å². The molecule has 3 N–H and O–H groups in total. The van der Waals surface area contributed by atoms with Crippen LogP contribution in [0.3, 0.4) is 0 Å². The molecule has 1 fully saturated rings. The highest BCUT2D eigenvalue weighted by molar-refractivity contribution is 5.87. The number of piperidine rings is 1. The summed E-state index contributed by atoms with van der Waals surface area (Å²) in [6.07, 6.45) is 1.47. The SMILES string of the molecule is CC(C)NC(=O)CNC(=O)C(Cc1ccccc1)N1CCC(C)(c2cccc(O)c2)C(C)C1. The van der Waals surface area contributed by atoms with Gasteiger partial charge in [-0.1, -0.05) is 56.3 Å². The van der Waals surface area contributed by atoms with E-state index in [0.717, 1.165) is 30.6 Å². The van der Waals surface area contributed by atoms with Crippen LogP contribution in [0.5, 0.6) is 5.75 Å². The molecule has 1 aliphatic rings. The highest BCUT2D eigenvalue weighted by Crippen LogP contribution is 2.40. The number of nitrogens with zero attached hydrogens (tertiary/aromatic N) is 1. The minimum absolute atomic E-state index is 0.0211. The van der Waals surface area contributed by atoms with Crippen LogP contribution in [0.15, 0.2) is 54.6 Å². The maximum atomic E-state index is 13.3. The molecule has 3 atom stereocenters. The fourth-order valence-corrected chi connectivity index (χ4v) is 4.72. The van der Waals surface area contributed by atoms with Crippen molar-refractivity contribution < 1.29 is 14.7 Å². The van der Waals surface area contributed by atoms with Crippen LogP contribution >= 0.6 is 0 Å². The molecule has 2 aromatic carbocycles. The van der Waals surface area contributed by atoms with Gasteiger partial charge in [-0.25, -0.2) is 0 Å². The lowest BCUT2D eigenvalue weighted by molar-refractivity contribution is -0.130. The standard InChI is InChI=1S/C27H37N3O3/c1-19(2)29-25(32)17-28-26(33)24(15-21-9-6-5-7-10-21)30-14-13-27(4,20(3)18-30)22-11-8-12-23(31)16-22/h5-12,16,19-20,24,31H,13-15,17-18H2,1-4H3,(H,28,33)(H,29,32). The third-order valence-electron chi connectivity index (χ3n) is 6.91. The average molecular weight is 452 g/mol. The van der Waals surface area contributed by atoms with Crippen molar-refractivity contribution in [1.82, 2.24) is 15.5 Å². The summed E-state index contributed by atoms with van der Waals surface area (Å²) < 4.78 is 0. The molecule has 0 aromatic heterocycles. The van der Waals surface area contributed by atoms with E-state index in [4.69, 9.17) is 0 Å². The smallest absolute Gasteiger partial charge is 0.239 e. The van der Waals surface area contributed by atoms with Gasteiger partial charge in [0.15, 0.2) is 0 Å². The van der Waals surface area contributed by atoms with Crippen LogP contribution in [0.4, 0.5) is 0 Å². The molecule has 0 spiro atoms. The Labute approximate surface area is 197 Å². The minimum atomic E-state index is -0.351. The van der Waals surface area contributed by atoms with Crippen molar-refractivity contribution >= 4 is 11.8 Å². The molecule has 1 saturated heterocycles. The predicted molar refractivity (Wildman–Crippen MR) is 131 cm³/mol. The summed E-state index contributed by atoms with van der Waals surface area (Å²) in [5.74, 6) is 0.263. The number of likely N-dealkylation sites (tertiary alicyclic amines) is 1. The number of carbonyl (C=O) groups excluding carboxylic acids is 2. The molecule has 0 aliphatic carbocycles. The molecule has 2 amide bonds. The lowest BCUT2D eigenvalue weighted by atomic mass is 9.67. The van der Waals surface area contributed by atoms with Gasteiger partial charge in [-0.3, -0.25) is 14.5 Å². The fourth-order valence-electron chi connectivity index (χ4n) is 4.72. The molecule has 0 bridgehead atoms. The van der Waals surface area contributed by atoms with E-state index in [2.05, 4.69) is 35.4 Å². The van der Waals surface area contributed by atoms with Crippen LogP contribution in [-0.4, -0.2) is 53.5 Å². The third kappa shape index (κ3) is 6.35. The van der Waals surface area contributed by atoms with Gasteiger partial charge < -0.3 is 15.7 Å². The first kappa shape index (κ1) is 24.8. The predicted octanol–water partition coefficient (Wildman–Crippen LogP) is 3.24. The summed E-state index contributed by atoms with van der Waals surface area (Å²) in [5.41, 5.74) is 2.14. The molecule has 178 valence electrons. The molecule has 0 radical (unpaired) electrons. The minimum Gasteiger partial charge on any atom is -0.508 e. The normalized spacial score (nSPS) is 22.0. The van der Waals surface area contributed by atoms with Crippen molar-refractivity contribution in [3.63, 3.8) is 0 Å². The number of hydrogen-bond acceptors (Lipinski definition) is 4. The summed E-state index contributed by atoms with van der Waals surface area (Å²) in [4.78, 5) is 27.6. The molecule has 0 saturated carbocycles. The lowest BCUT2D eigenvalue weighted by Crippen LogP contribution is -2.56. The monoisotopic (exact) mass is 451 g/mol. The molecule has 3 rings (SSSR count). The van der Waals surface area contributed by atoms with Crippen molar-refractivity contribution in [2.24, 2.45) is 5.92 Å². The van der Waals surface area contributed by atoms with E-state index < -0.39 is 0 Å². The van der Waals surface area contributed by atoms with Crippen LogP contribution in [0.2, 0.25) is 0 Å². The Kier molecular flexibility index (Phi) is 8.14. The summed E-state index contributed by atoms with van der Waals surface area (Å²) in [5, 5.41) is 15.7. The van der Waals surface area contributed by atoms with Crippen LogP contribution < -0.4 is 10.6 Å². The molecule has 1 aliphatic heterocycles. The second-order valence-electron chi connectivity index (χ2n) is 9.76. The van der Waals surface area contributed by atoms with E-state index in [9.17, 15) is 14.7 Å². The topological polar surface area (TPSA) is 81.7 Å². The number of rotatable bonds is 8. The Balaban J connectivity index is 1.75. The highest BCUT2D eigenvalue weighted by Gasteiger charge is 2.41. The van der Waals surface area contributed by atoms with Crippen molar-refractivity contribution in [1.29, 1.82) is 0 Å². The Morgan fingerprint density at radius 2 is 1.88 bits per heavy atom. The van der Waals surface area contributed by atoms with Gasteiger partial charge in [-0.05, 0) is 67.8 Å². The van der Waals surface area contributed by atoms with E-state index in [0.29, 0.717) is 6.42 Å². The van der Waals surface area contributed by atoms with Gasteiger partial charge in [-0.15, -0.1) is 0 Å². The molecular formula is C27H37N3O3. The second kappa shape index (κ2) is 10.8. The number of phenols is 1. The fraction of sp³-hybridized carbons (Fsp3) is 0.481. The molecular weight excluding hydrogens is 414 g/mol. The van der Waals surface area contributed by atoms with Crippen molar-refractivity contribution in [2.45, 2.75) is 58.0 Å². The third-order valence-corrected chi connectivity index (χ3v) is 6.91. The Morgan fingerprint density at radius 3 is 2.52 bits per heavy atom.